The van der Waals surface area contributed by atoms with Gasteiger partial charge in [-0.15, -0.1) is 0 Å². The number of nitrogens with one attached hydrogen (secondary N) is 1. The minimum absolute atomic E-state index is 0.166. The molecule has 1 N–H and O–H groups in total. The Kier molecular flexibility index (Phi) is 3.43. The SMILES string of the molecule is C=C1C=C(C)C2=C(N1)C(=O)c1c(c(CCC)cc(=O)n1C)C2=O. The maximum absolute atomic E-state index is 13.0. The number of aromatic nitrogens is 1. The van der Waals surface area contributed by atoms with Crippen LogP contribution < -0.4 is 10.9 Å². The summed E-state index contributed by atoms with van der Waals surface area (Å²) >= 11 is 0. The third-order valence-electron chi connectivity index (χ3n) is 4.26. The number of hydrogen-bond acceptors (Lipinski definition) is 4. The third kappa shape index (κ3) is 2.11. The molecule has 0 radical (unpaired) electrons. The van der Waals surface area contributed by atoms with Crippen molar-refractivity contribution in [3.63, 3.8) is 0 Å². The van der Waals surface area contributed by atoms with E-state index in [2.05, 4.69) is 11.9 Å². The lowest BCUT2D eigenvalue weighted by atomic mass is 9.82. The van der Waals surface area contributed by atoms with Crippen LogP contribution >= 0.6 is 0 Å². The monoisotopic (exact) mass is 310 g/mol. The molecule has 5 nitrogen and oxygen atoms in total. The van der Waals surface area contributed by atoms with E-state index in [0.717, 1.165) is 6.42 Å². The summed E-state index contributed by atoms with van der Waals surface area (Å²) in [7, 11) is 1.52. The lowest BCUT2D eigenvalue weighted by Gasteiger charge is -2.28. The summed E-state index contributed by atoms with van der Waals surface area (Å²) in [5.41, 5.74) is 2.76. The molecule has 2 heterocycles. The molecular formula is C18H18N2O3. The van der Waals surface area contributed by atoms with Gasteiger partial charge in [0.05, 0.1) is 11.1 Å². The van der Waals surface area contributed by atoms with Gasteiger partial charge in [-0.1, -0.05) is 19.9 Å². The van der Waals surface area contributed by atoms with Crippen molar-refractivity contribution in [3.8, 4) is 0 Å². The van der Waals surface area contributed by atoms with Crippen LogP contribution in [0.4, 0.5) is 0 Å². The molecule has 23 heavy (non-hydrogen) atoms. The van der Waals surface area contributed by atoms with E-state index >= 15 is 0 Å². The minimum atomic E-state index is -0.333. The molecule has 1 aliphatic heterocycles. The van der Waals surface area contributed by atoms with Crippen LogP contribution in [0.5, 0.6) is 0 Å². The standard InChI is InChI=1S/C18H18N2O3/c1-5-6-11-8-12(21)20(4)16-14(11)17(22)13-9(2)7-10(3)19-15(13)18(16)23/h7-8,19H,3,5-6H2,1-2,4H3. The second-order valence-corrected chi connectivity index (χ2v) is 5.93. The van der Waals surface area contributed by atoms with Crippen LogP contribution in [0, 0.1) is 0 Å². The molecule has 0 amide bonds. The van der Waals surface area contributed by atoms with E-state index in [1.54, 1.807) is 13.0 Å². The first-order chi connectivity index (χ1) is 10.9. The van der Waals surface area contributed by atoms with Crippen molar-refractivity contribution in [3.05, 3.63) is 68.4 Å². The minimum Gasteiger partial charge on any atom is -0.352 e. The van der Waals surface area contributed by atoms with Crippen molar-refractivity contribution in [2.24, 2.45) is 7.05 Å². The molecule has 2 aliphatic rings. The Bertz CT molecular complexity index is 898. The highest BCUT2D eigenvalue weighted by Crippen LogP contribution is 2.33. The lowest BCUT2D eigenvalue weighted by molar-refractivity contribution is 0.0962. The number of carbonyl (C=O) groups excluding carboxylic acids is 2. The Morgan fingerprint density at radius 1 is 1.22 bits per heavy atom. The van der Waals surface area contributed by atoms with Gasteiger partial charge in [0.15, 0.2) is 5.78 Å². The lowest BCUT2D eigenvalue weighted by Crippen LogP contribution is -2.38. The normalized spacial score (nSPS) is 16.8. The van der Waals surface area contributed by atoms with E-state index in [1.165, 1.54) is 17.7 Å². The number of hydrogen-bond donors (Lipinski definition) is 1. The van der Waals surface area contributed by atoms with Gasteiger partial charge in [-0.3, -0.25) is 14.4 Å². The van der Waals surface area contributed by atoms with Gasteiger partial charge >= 0.3 is 0 Å². The smallest absolute Gasteiger partial charge is 0.251 e. The van der Waals surface area contributed by atoms with Crippen molar-refractivity contribution in [1.82, 2.24) is 9.88 Å². The number of Topliss-reactive ketones (excluding diaryl/α,β-unsaturated/α-hetero) is 2. The van der Waals surface area contributed by atoms with Gasteiger partial charge in [0.25, 0.3) is 5.56 Å². The zero-order valence-corrected chi connectivity index (χ0v) is 13.4. The van der Waals surface area contributed by atoms with Crippen LogP contribution in [0.15, 0.2) is 46.1 Å². The van der Waals surface area contributed by atoms with Crippen molar-refractivity contribution >= 4 is 11.6 Å². The third-order valence-corrected chi connectivity index (χ3v) is 4.26. The molecule has 0 atom stereocenters. The van der Waals surface area contributed by atoms with Crippen LogP contribution in [-0.4, -0.2) is 16.1 Å². The molecule has 1 aromatic heterocycles. The Balaban J connectivity index is 2.35. The van der Waals surface area contributed by atoms with E-state index in [4.69, 9.17) is 0 Å². The molecule has 0 aromatic carbocycles. The first-order valence-electron chi connectivity index (χ1n) is 7.58. The summed E-state index contributed by atoms with van der Waals surface area (Å²) in [5.74, 6) is -0.539. The predicted molar refractivity (Wildman–Crippen MR) is 87.4 cm³/mol. The number of allylic oxidation sites excluding steroid dienone is 4. The fourth-order valence-electron chi connectivity index (χ4n) is 3.23. The number of fused-ring (bicyclic) bond motifs is 1. The summed E-state index contributed by atoms with van der Waals surface area (Å²) in [6, 6.07) is 1.47. The molecule has 0 saturated carbocycles. The number of pyridine rings is 1. The van der Waals surface area contributed by atoms with Crippen LogP contribution in [0.25, 0.3) is 0 Å². The Hall–Kier alpha value is -2.69. The van der Waals surface area contributed by atoms with Crippen molar-refractivity contribution < 1.29 is 9.59 Å². The molecule has 1 aromatic rings. The quantitative estimate of drug-likeness (QED) is 0.907. The van der Waals surface area contributed by atoms with Gasteiger partial charge in [-0.2, -0.15) is 0 Å². The fraction of sp³-hybridized carbons (Fsp3) is 0.278. The molecule has 0 saturated heterocycles. The average molecular weight is 310 g/mol. The van der Waals surface area contributed by atoms with Gasteiger partial charge < -0.3 is 9.88 Å². The molecular weight excluding hydrogens is 292 g/mol. The van der Waals surface area contributed by atoms with Crippen molar-refractivity contribution in [2.45, 2.75) is 26.7 Å². The number of dihydropyridines is 1. The number of ketones is 2. The van der Waals surface area contributed by atoms with Crippen LogP contribution in [0.2, 0.25) is 0 Å². The number of nitrogens with zero attached hydrogens (tertiary/aromatic N) is 1. The zero-order valence-electron chi connectivity index (χ0n) is 13.4. The van der Waals surface area contributed by atoms with Crippen LogP contribution in [0.1, 0.15) is 46.7 Å². The Morgan fingerprint density at radius 3 is 2.57 bits per heavy atom. The highest BCUT2D eigenvalue weighted by atomic mass is 16.1. The van der Waals surface area contributed by atoms with Gasteiger partial charge in [0.1, 0.15) is 11.4 Å². The van der Waals surface area contributed by atoms with Crippen molar-refractivity contribution in [1.29, 1.82) is 0 Å². The van der Waals surface area contributed by atoms with Gasteiger partial charge in [0, 0.05) is 18.8 Å². The van der Waals surface area contributed by atoms with Gasteiger partial charge in [0.2, 0.25) is 5.78 Å². The first kappa shape index (κ1) is 15.2. The average Bonchev–Trinajstić information content (AvgIpc) is 2.47. The second kappa shape index (κ2) is 5.19. The van der Waals surface area contributed by atoms with E-state index < -0.39 is 0 Å². The van der Waals surface area contributed by atoms with Gasteiger partial charge in [-0.25, -0.2) is 0 Å². The number of rotatable bonds is 2. The van der Waals surface area contributed by atoms with Gasteiger partial charge in [-0.05, 0) is 30.6 Å². The summed E-state index contributed by atoms with van der Waals surface area (Å²) in [6.45, 7) is 7.57. The van der Waals surface area contributed by atoms with E-state index in [1.807, 2.05) is 6.92 Å². The maximum Gasteiger partial charge on any atom is 0.251 e. The summed E-state index contributed by atoms with van der Waals surface area (Å²) in [6.07, 6.45) is 3.12. The second-order valence-electron chi connectivity index (χ2n) is 5.93. The summed E-state index contributed by atoms with van der Waals surface area (Å²) in [5, 5.41) is 2.89. The zero-order chi connectivity index (χ0) is 16.9. The van der Waals surface area contributed by atoms with E-state index in [9.17, 15) is 14.4 Å². The molecule has 0 bridgehead atoms. The topological polar surface area (TPSA) is 68.2 Å². The largest absolute Gasteiger partial charge is 0.352 e. The molecule has 118 valence electrons. The predicted octanol–water partition coefficient (Wildman–Crippen LogP) is 2.03. The molecule has 0 fully saturated rings. The highest BCUT2D eigenvalue weighted by Gasteiger charge is 2.38. The molecule has 5 heteroatoms. The highest BCUT2D eigenvalue weighted by molar-refractivity contribution is 6.28. The van der Waals surface area contributed by atoms with Crippen molar-refractivity contribution in [2.75, 3.05) is 0 Å². The van der Waals surface area contributed by atoms with Crippen LogP contribution in [-0.2, 0) is 13.5 Å². The van der Waals surface area contributed by atoms with Crippen LogP contribution in [0.3, 0.4) is 0 Å². The number of carbonyl (C=O) groups is 2. The maximum atomic E-state index is 13.0. The van der Waals surface area contributed by atoms with E-state index in [0.29, 0.717) is 34.4 Å². The molecule has 1 aliphatic carbocycles. The molecule has 3 rings (SSSR count). The Labute approximate surface area is 134 Å². The van der Waals surface area contributed by atoms with E-state index in [-0.39, 0.29) is 28.5 Å². The summed E-state index contributed by atoms with van der Waals surface area (Å²) in [4.78, 5) is 38.1. The summed E-state index contributed by atoms with van der Waals surface area (Å²) < 4.78 is 1.26. The first-order valence-corrected chi connectivity index (χ1v) is 7.58. The molecule has 0 spiro atoms. The number of aryl methyl sites for hydroxylation is 1. The molecule has 0 unspecified atom stereocenters. The Morgan fingerprint density at radius 2 is 1.91 bits per heavy atom. The fourth-order valence-corrected chi connectivity index (χ4v) is 3.23.